The van der Waals surface area contributed by atoms with Crippen molar-refractivity contribution in [1.82, 2.24) is 25.7 Å². The minimum Gasteiger partial charge on any atom is -0.350 e. The Hall–Kier alpha value is -2.61. The molecular formula is C14H14ClN5O3. The molecule has 0 spiro atoms. The van der Waals surface area contributed by atoms with Gasteiger partial charge in [-0.25, -0.2) is 4.79 Å². The molecule has 9 heteroatoms. The molecule has 2 heterocycles. The predicted octanol–water partition coefficient (Wildman–Crippen LogP) is 0.441. The average molecular weight is 336 g/mol. The van der Waals surface area contributed by atoms with Crippen LogP contribution in [0.25, 0.3) is 10.9 Å². The summed E-state index contributed by atoms with van der Waals surface area (Å²) in [5.74, 6) is -0.866. The van der Waals surface area contributed by atoms with E-state index >= 15 is 0 Å². The molecule has 1 fully saturated rings. The van der Waals surface area contributed by atoms with Gasteiger partial charge in [-0.3, -0.25) is 19.6 Å². The van der Waals surface area contributed by atoms with Crippen molar-refractivity contribution in [2.24, 2.45) is 7.05 Å². The van der Waals surface area contributed by atoms with Crippen LogP contribution in [0.4, 0.5) is 4.79 Å². The van der Waals surface area contributed by atoms with Crippen molar-refractivity contribution < 1.29 is 14.4 Å². The highest BCUT2D eigenvalue weighted by atomic mass is 35.5. The fourth-order valence-corrected chi connectivity index (χ4v) is 2.80. The first-order valence-corrected chi connectivity index (χ1v) is 7.31. The number of benzene rings is 1. The second-order valence-corrected chi connectivity index (χ2v) is 5.61. The maximum atomic E-state index is 11.9. The molecule has 1 aliphatic rings. The van der Waals surface area contributed by atoms with Gasteiger partial charge >= 0.3 is 6.03 Å². The van der Waals surface area contributed by atoms with E-state index in [9.17, 15) is 14.4 Å². The second kappa shape index (κ2) is 5.88. The largest absolute Gasteiger partial charge is 0.350 e. The smallest absolute Gasteiger partial charge is 0.322 e. The van der Waals surface area contributed by atoms with Crippen LogP contribution in [0.5, 0.6) is 0 Å². The van der Waals surface area contributed by atoms with Gasteiger partial charge in [-0.2, -0.15) is 5.10 Å². The zero-order valence-electron chi connectivity index (χ0n) is 12.2. The van der Waals surface area contributed by atoms with Crippen molar-refractivity contribution in [2.45, 2.75) is 19.0 Å². The van der Waals surface area contributed by atoms with Gasteiger partial charge in [0.25, 0.3) is 5.91 Å². The Kier molecular flexibility index (Phi) is 3.91. The summed E-state index contributed by atoms with van der Waals surface area (Å²) < 4.78 is 1.69. The average Bonchev–Trinajstić information content (AvgIpc) is 2.98. The van der Waals surface area contributed by atoms with Gasteiger partial charge in [-0.05, 0) is 12.1 Å². The number of halogens is 1. The lowest BCUT2D eigenvalue weighted by atomic mass is 10.2. The number of hydrogen-bond acceptors (Lipinski definition) is 4. The summed E-state index contributed by atoms with van der Waals surface area (Å²) >= 11 is 6.20. The Labute approximate surface area is 136 Å². The molecule has 1 aromatic carbocycles. The molecule has 8 nitrogen and oxygen atoms in total. The number of aryl methyl sites for hydroxylation is 1. The van der Waals surface area contributed by atoms with Crippen molar-refractivity contribution in [3.05, 3.63) is 28.9 Å². The number of fused-ring (bicyclic) bond motifs is 1. The van der Waals surface area contributed by atoms with Gasteiger partial charge in [-0.1, -0.05) is 17.7 Å². The van der Waals surface area contributed by atoms with E-state index in [0.29, 0.717) is 10.7 Å². The normalized spacial score (nSPS) is 17.2. The highest BCUT2D eigenvalue weighted by molar-refractivity contribution is 6.35. The Morgan fingerprint density at radius 2 is 2.22 bits per heavy atom. The molecule has 0 bridgehead atoms. The number of nitrogens with zero attached hydrogens (tertiary/aromatic N) is 2. The third-order valence-electron chi connectivity index (χ3n) is 3.60. The molecule has 0 saturated carbocycles. The van der Waals surface area contributed by atoms with E-state index in [1.54, 1.807) is 17.8 Å². The van der Waals surface area contributed by atoms with E-state index in [-0.39, 0.29) is 18.9 Å². The lowest BCUT2D eigenvalue weighted by molar-refractivity contribution is -0.126. The molecule has 1 aliphatic heterocycles. The van der Waals surface area contributed by atoms with Crippen LogP contribution in [0.15, 0.2) is 18.2 Å². The number of carbonyl (C=O) groups excluding carboxylic acids is 3. The molecule has 23 heavy (non-hydrogen) atoms. The molecule has 0 unspecified atom stereocenters. The quantitative estimate of drug-likeness (QED) is 0.705. The minimum atomic E-state index is -0.841. The number of urea groups is 1. The monoisotopic (exact) mass is 335 g/mol. The summed E-state index contributed by atoms with van der Waals surface area (Å²) in [5, 5.41) is 12.8. The molecule has 3 N–H and O–H groups in total. The predicted molar refractivity (Wildman–Crippen MR) is 82.7 cm³/mol. The zero-order valence-corrected chi connectivity index (χ0v) is 13.0. The van der Waals surface area contributed by atoms with Gasteiger partial charge in [0.2, 0.25) is 5.91 Å². The molecular weight excluding hydrogens is 322 g/mol. The summed E-state index contributed by atoms with van der Waals surface area (Å²) in [5.41, 5.74) is 1.51. The highest BCUT2D eigenvalue weighted by Crippen LogP contribution is 2.26. The summed E-state index contributed by atoms with van der Waals surface area (Å²) in [6, 6.07) is 4.05. The lowest BCUT2D eigenvalue weighted by Crippen LogP contribution is -2.36. The van der Waals surface area contributed by atoms with Gasteiger partial charge < -0.3 is 10.6 Å². The summed E-state index contributed by atoms with van der Waals surface area (Å²) in [6.07, 6.45) is -0.129. The Balaban J connectivity index is 1.68. The Morgan fingerprint density at radius 3 is 2.91 bits per heavy atom. The van der Waals surface area contributed by atoms with Gasteiger partial charge in [0.15, 0.2) is 0 Å². The molecule has 1 atom stereocenters. The van der Waals surface area contributed by atoms with Crippen LogP contribution >= 0.6 is 11.6 Å². The maximum absolute atomic E-state index is 11.9. The zero-order chi connectivity index (χ0) is 16.6. The highest BCUT2D eigenvalue weighted by Gasteiger charge is 2.31. The van der Waals surface area contributed by atoms with Crippen LogP contribution in [-0.2, 0) is 23.2 Å². The fourth-order valence-electron chi connectivity index (χ4n) is 2.52. The molecule has 0 radical (unpaired) electrons. The van der Waals surface area contributed by atoms with E-state index < -0.39 is 18.0 Å². The van der Waals surface area contributed by atoms with Crippen LogP contribution in [0, 0.1) is 0 Å². The maximum Gasteiger partial charge on any atom is 0.322 e. The third kappa shape index (κ3) is 2.98. The van der Waals surface area contributed by atoms with Crippen LogP contribution in [0.2, 0.25) is 5.02 Å². The van der Waals surface area contributed by atoms with Gasteiger partial charge in [0, 0.05) is 12.4 Å². The van der Waals surface area contributed by atoms with Crippen LogP contribution in [0.3, 0.4) is 0 Å². The van der Waals surface area contributed by atoms with E-state index in [0.717, 1.165) is 10.9 Å². The fraction of sp³-hybridized carbons (Fsp3) is 0.286. The summed E-state index contributed by atoms with van der Waals surface area (Å²) in [6.45, 7) is 0.183. The van der Waals surface area contributed by atoms with Gasteiger partial charge in [0.05, 0.1) is 29.2 Å². The first-order valence-electron chi connectivity index (χ1n) is 6.94. The van der Waals surface area contributed by atoms with Crippen LogP contribution in [-0.4, -0.2) is 33.7 Å². The number of imide groups is 1. The van der Waals surface area contributed by atoms with Crippen molar-refractivity contribution in [2.75, 3.05) is 0 Å². The van der Waals surface area contributed by atoms with Crippen LogP contribution < -0.4 is 16.0 Å². The van der Waals surface area contributed by atoms with Crippen molar-refractivity contribution >= 4 is 40.3 Å². The van der Waals surface area contributed by atoms with E-state index in [2.05, 4.69) is 21.0 Å². The molecule has 120 valence electrons. The molecule has 2 aromatic rings. The Morgan fingerprint density at radius 1 is 1.43 bits per heavy atom. The number of carbonyl (C=O) groups is 3. The van der Waals surface area contributed by atoms with Crippen molar-refractivity contribution in [3.63, 3.8) is 0 Å². The van der Waals surface area contributed by atoms with Crippen molar-refractivity contribution in [1.29, 1.82) is 0 Å². The molecule has 1 saturated heterocycles. The minimum absolute atomic E-state index is 0.129. The molecule has 4 amide bonds. The Bertz CT molecular complexity index is 816. The van der Waals surface area contributed by atoms with Gasteiger partial charge in [-0.15, -0.1) is 0 Å². The van der Waals surface area contributed by atoms with Gasteiger partial charge in [0.1, 0.15) is 6.04 Å². The van der Waals surface area contributed by atoms with E-state index in [1.807, 2.05) is 12.1 Å². The van der Waals surface area contributed by atoms with Crippen molar-refractivity contribution in [3.8, 4) is 0 Å². The van der Waals surface area contributed by atoms with Crippen LogP contribution in [0.1, 0.15) is 12.1 Å². The SMILES string of the molecule is Cn1nc(CNC(=O)C[C@@H]2NC(=O)NC2=O)c2c(Cl)cccc21. The lowest BCUT2D eigenvalue weighted by Gasteiger charge is -2.07. The summed E-state index contributed by atoms with van der Waals surface area (Å²) in [7, 11) is 1.79. The number of hydrogen-bond donors (Lipinski definition) is 3. The topological polar surface area (TPSA) is 105 Å². The third-order valence-corrected chi connectivity index (χ3v) is 3.92. The standard InChI is InChI=1S/C14H14ClN5O3/c1-20-10-4-2-3-7(15)12(10)9(19-20)6-16-11(21)5-8-13(22)18-14(23)17-8/h2-4,8H,5-6H2,1H3,(H,16,21)(H2,17,18,22,23)/t8-/m0/s1. The van der Waals surface area contributed by atoms with E-state index in [4.69, 9.17) is 11.6 Å². The number of rotatable bonds is 4. The molecule has 3 rings (SSSR count). The molecule has 1 aromatic heterocycles. The number of amides is 4. The molecule has 0 aliphatic carbocycles. The number of aromatic nitrogens is 2. The van der Waals surface area contributed by atoms with E-state index in [1.165, 1.54) is 0 Å². The number of nitrogens with one attached hydrogen (secondary N) is 3. The first-order chi connectivity index (χ1) is 11.0. The summed E-state index contributed by atoms with van der Waals surface area (Å²) in [4.78, 5) is 34.4. The second-order valence-electron chi connectivity index (χ2n) is 5.20. The first kappa shape index (κ1) is 15.3.